The molecule has 0 fully saturated rings. The van der Waals surface area contributed by atoms with Crippen molar-refractivity contribution in [2.75, 3.05) is 5.32 Å². The fraction of sp³-hybridized carbons (Fsp3) is 0.0870. The van der Waals surface area contributed by atoms with Crippen LogP contribution in [0.25, 0.3) is 16.7 Å². The number of carbonyl (C=O) groups excluding carboxylic acids is 1. The van der Waals surface area contributed by atoms with Crippen LogP contribution in [-0.2, 0) is 0 Å². The Morgan fingerprint density at radius 2 is 1.68 bits per heavy atom. The third-order valence-electron chi connectivity index (χ3n) is 5.08. The molecule has 0 saturated carbocycles. The molecule has 2 N–H and O–H groups in total. The topological polar surface area (TPSA) is 97.1 Å². The number of carbonyl (C=O) groups is 1. The second-order valence-corrected chi connectivity index (χ2v) is 7.17. The Kier molecular flexibility index (Phi) is 4.72. The number of rotatable bonds is 5. The Hall–Kier alpha value is -4.33. The normalized spacial score (nSPS) is 12.0. The summed E-state index contributed by atoms with van der Waals surface area (Å²) in [6, 6.07) is 24.6. The van der Waals surface area contributed by atoms with Crippen molar-refractivity contribution in [3.63, 3.8) is 0 Å². The Balaban J connectivity index is 1.36. The van der Waals surface area contributed by atoms with Crippen LogP contribution >= 0.6 is 0 Å². The second-order valence-electron chi connectivity index (χ2n) is 7.17. The number of aromatic nitrogens is 5. The van der Waals surface area contributed by atoms with Crippen LogP contribution in [0.3, 0.4) is 0 Å². The molecule has 8 nitrogen and oxygen atoms in total. The lowest BCUT2D eigenvalue weighted by atomic mass is 10.1. The number of para-hydroxylation sites is 2. The van der Waals surface area contributed by atoms with E-state index in [-0.39, 0.29) is 11.9 Å². The van der Waals surface area contributed by atoms with Gasteiger partial charge in [-0.1, -0.05) is 42.5 Å². The summed E-state index contributed by atoms with van der Waals surface area (Å²) in [5.41, 5.74) is 4.54. The molecular formula is C23H19N7O. The van der Waals surface area contributed by atoms with E-state index < -0.39 is 0 Å². The van der Waals surface area contributed by atoms with Crippen LogP contribution in [-0.4, -0.2) is 30.9 Å². The highest BCUT2D eigenvalue weighted by molar-refractivity contribution is 5.95. The van der Waals surface area contributed by atoms with Gasteiger partial charge in [-0.15, -0.1) is 5.10 Å². The van der Waals surface area contributed by atoms with Crippen LogP contribution in [0.5, 0.6) is 0 Å². The second kappa shape index (κ2) is 7.83. The van der Waals surface area contributed by atoms with E-state index in [0.717, 1.165) is 22.3 Å². The first-order valence-corrected chi connectivity index (χ1v) is 9.89. The van der Waals surface area contributed by atoms with Gasteiger partial charge in [0.05, 0.1) is 17.1 Å². The van der Waals surface area contributed by atoms with Crippen molar-refractivity contribution >= 4 is 34.1 Å². The molecule has 5 aromatic rings. The Labute approximate surface area is 177 Å². The van der Waals surface area contributed by atoms with Gasteiger partial charge < -0.3 is 10.6 Å². The molecule has 8 heteroatoms. The van der Waals surface area contributed by atoms with Crippen molar-refractivity contribution in [2.24, 2.45) is 0 Å². The molecule has 31 heavy (non-hydrogen) atoms. The highest BCUT2D eigenvalue weighted by Crippen LogP contribution is 2.23. The number of tetrazole rings is 1. The SMILES string of the molecule is C[C@H](NC(=O)c1ccc(Nc2nc3ccccc3n3nnnc23)cc1)c1ccccc1. The van der Waals surface area contributed by atoms with Crippen LogP contribution in [0.15, 0.2) is 78.9 Å². The number of amides is 1. The van der Waals surface area contributed by atoms with E-state index in [2.05, 4.69) is 31.1 Å². The number of fused-ring (bicyclic) bond motifs is 3. The summed E-state index contributed by atoms with van der Waals surface area (Å²) in [6.07, 6.45) is 0. The lowest BCUT2D eigenvalue weighted by Crippen LogP contribution is -2.26. The molecule has 0 aliphatic carbocycles. The zero-order valence-electron chi connectivity index (χ0n) is 16.7. The van der Waals surface area contributed by atoms with Crippen molar-refractivity contribution < 1.29 is 4.79 Å². The summed E-state index contributed by atoms with van der Waals surface area (Å²) in [5.74, 6) is 0.411. The van der Waals surface area contributed by atoms with Gasteiger partial charge in [0, 0.05) is 11.3 Å². The standard InChI is InChI=1S/C23H19N7O/c1-15(16-7-3-2-4-8-16)24-23(31)17-11-13-18(14-12-17)25-21-22-27-28-29-30(22)20-10-6-5-9-19(20)26-21/h2-15H,1H3,(H,24,31)(H,25,26)/t15-/m0/s1. The highest BCUT2D eigenvalue weighted by Gasteiger charge is 2.13. The van der Waals surface area contributed by atoms with Crippen LogP contribution < -0.4 is 10.6 Å². The number of nitrogens with one attached hydrogen (secondary N) is 2. The minimum absolute atomic E-state index is 0.0815. The number of benzene rings is 3. The zero-order valence-corrected chi connectivity index (χ0v) is 16.7. The van der Waals surface area contributed by atoms with Crippen molar-refractivity contribution in [2.45, 2.75) is 13.0 Å². The van der Waals surface area contributed by atoms with E-state index in [1.165, 1.54) is 0 Å². The van der Waals surface area contributed by atoms with E-state index in [1.54, 1.807) is 16.6 Å². The van der Waals surface area contributed by atoms with Gasteiger partial charge in [-0.25, -0.2) is 4.98 Å². The predicted molar refractivity (Wildman–Crippen MR) is 118 cm³/mol. The monoisotopic (exact) mass is 409 g/mol. The minimum atomic E-state index is -0.129. The minimum Gasteiger partial charge on any atom is -0.346 e. The van der Waals surface area contributed by atoms with E-state index >= 15 is 0 Å². The Bertz CT molecular complexity index is 1360. The van der Waals surface area contributed by atoms with Gasteiger partial charge in [0.25, 0.3) is 5.91 Å². The van der Waals surface area contributed by atoms with Gasteiger partial charge in [0.1, 0.15) is 0 Å². The van der Waals surface area contributed by atoms with Gasteiger partial charge in [0.2, 0.25) is 5.65 Å². The summed E-state index contributed by atoms with van der Waals surface area (Å²) >= 11 is 0. The van der Waals surface area contributed by atoms with Gasteiger partial charge >= 0.3 is 0 Å². The van der Waals surface area contributed by atoms with Crippen LogP contribution in [0.2, 0.25) is 0 Å². The fourth-order valence-corrected chi connectivity index (χ4v) is 3.44. The lowest BCUT2D eigenvalue weighted by molar-refractivity contribution is 0.0940. The summed E-state index contributed by atoms with van der Waals surface area (Å²) in [6.45, 7) is 1.96. The van der Waals surface area contributed by atoms with E-state index in [4.69, 9.17) is 0 Å². The molecule has 0 radical (unpaired) electrons. The van der Waals surface area contributed by atoms with Crippen LogP contribution in [0, 0.1) is 0 Å². The average molecular weight is 409 g/mol. The van der Waals surface area contributed by atoms with E-state index in [9.17, 15) is 4.79 Å². The summed E-state index contributed by atoms with van der Waals surface area (Å²) in [5, 5.41) is 18.2. The summed E-state index contributed by atoms with van der Waals surface area (Å²) in [4.78, 5) is 17.3. The molecule has 0 saturated heterocycles. The molecule has 0 bridgehead atoms. The molecular weight excluding hydrogens is 390 g/mol. The van der Waals surface area contributed by atoms with E-state index in [0.29, 0.717) is 17.0 Å². The Morgan fingerprint density at radius 1 is 0.935 bits per heavy atom. The third-order valence-corrected chi connectivity index (χ3v) is 5.08. The number of nitrogens with zero attached hydrogens (tertiary/aromatic N) is 5. The maximum absolute atomic E-state index is 12.6. The maximum atomic E-state index is 12.6. The molecule has 0 spiro atoms. The summed E-state index contributed by atoms with van der Waals surface area (Å²) < 4.78 is 1.65. The fourth-order valence-electron chi connectivity index (χ4n) is 3.44. The zero-order chi connectivity index (χ0) is 21.2. The van der Waals surface area contributed by atoms with E-state index in [1.807, 2.05) is 73.7 Å². The molecule has 3 aromatic carbocycles. The van der Waals surface area contributed by atoms with Gasteiger partial charge in [0.15, 0.2) is 5.82 Å². The first-order chi connectivity index (χ1) is 15.2. The maximum Gasteiger partial charge on any atom is 0.251 e. The average Bonchev–Trinajstić information content (AvgIpc) is 3.31. The number of hydrogen-bond donors (Lipinski definition) is 2. The van der Waals surface area contributed by atoms with Crippen molar-refractivity contribution in [1.82, 2.24) is 30.3 Å². The highest BCUT2D eigenvalue weighted by atomic mass is 16.1. The first kappa shape index (κ1) is 18.7. The molecule has 1 atom stereocenters. The van der Waals surface area contributed by atoms with Crippen LogP contribution in [0.4, 0.5) is 11.5 Å². The molecule has 1 amide bonds. The molecule has 0 aliphatic rings. The first-order valence-electron chi connectivity index (χ1n) is 9.89. The molecule has 152 valence electrons. The van der Waals surface area contributed by atoms with Gasteiger partial charge in [-0.05, 0) is 59.3 Å². The molecule has 0 unspecified atom stereocenters. The van der Waals surface area contributed by atoms with Crippen molar-refractivity contribution in [1.29, 1.82) is 0 Å². The van der Waals surface area contributed by atoms with Gasteiger partial charge in [-0.3, -0.25) is 4.79 Å². The third kappa shape index (κ3) is 3.66. The molecule has 0 aliphatic heterocycles. The molecule has 5 rings (SSSR count). The van der Waals surface area contributed by atoms with Crippen molar-refractivity contribution in [3.05, 3.63) is 90.0 Å². The van der Waals surface area contributed by atoms with Crippen LogP contribution in [0.1, 0.15) is 28.9 Å². The lowest BCUT2D eigenvalue weighted by Gasteiger charge is -2.14. The largest absolute Gasteiger partial charge is 0.346 e. The van der Waals surface area contributed by atoms with Gasteiger partial charge in [-0.2, -0.15) is 4.52 Å². The number of hydrogen-bond acceptors (Lipinski definition) is 6. The Morgan fingerprint density at radius 3 is 2.48 bits per heavy atom. The van der Waals surface area contributed by atoms with Crippen molar-refractivity contribution in [3.8, 4) is 0 Å². The molecule has 2 aromatic heterocycles. The quantitative estimate of drug-likeness (QED) is 0.457. The summed E-state index contributed by atoms with van der Waals surface area (Å²) in [7, 11) is 0. The predicted octanol–water partition coefficient (Wildman–Crippen LogP) is 3.91. The number of anilines is 2. The molecule has 2 heterocycles. The smallest absolute Gasteiger partial charge is 0.251 e.